The summed E-state index contributed by atoms with van der Waals surface area (Å²) in [6.07, 6.45) is 1.02. The molecule has 0 bridgehead atoms. The van der Waals surface area contributed by atoms with Crippen molar-refractivity contribution in [1.29, 1.82) is 0 Å². The highest BCUT2D eigenvalue weighted by atomic mass is 19.4. The standard InChI is InChI=1S/C28H32F3N3O5/c1-26(2)16-20-19(4-3-5-23(20)38-26)17-32-12-7-27(8-13-32)9-14-33(15-10-27)24(36)21-18-34(11-6-22(21)35)39-25(37)28(29,30)31/h3-6,11,18H,7-10,12-17H2,1-2H3. The van der Waals surface area contributed by atoms with Crippen molar-refractivity contribution in [1.82, 2.24) is 14.5 Å². The monoisotopic (exact) mass is 547 g/mol. The van der Waals surface area contributed by atoms with Crippen molar-refractivity contribution < 1.29 is 32.3 Å². The first kappa shape index (κ1) is 27.2. The highest BCUT2D eigenvalue weighted by molar-refractivity contribution is 5.94. The molecule has 3 aliphatic heterocycles. The second kappa shape index (κ2) is 10.0. The molecule has 0 saturated carbocycles. The molecule has 0 unspecified atom stereocenters. The van der Waals surface area contributed by atoms with Crippen LogP contribution in [0.25, 0.3) is 0 Å². The molecule has 0 radical (unpaired) electrons. The Hall–Kier alpha value is -3.34. The maximum Gasteiger partial charge on any atom is 0.493 e. The van der Waals surface area contributed by atoms with Crippen molar-refractivity contribution >= 4 is 11.9 Å². The zero-order valence-electron chi connectivity index (χ0n) is 22.1. The van der Waals surface area contributed by atoms with Crippen molar-refractivity contribution in [3.05, 3.63) is 63.6 Å². The van der Waals surface area contributed by atoms with Crippen LogP contribution in [0.1, 0.15) is 61.0 Å². The third kappa shape index (κ3) is 5.83. The zero-order valence-corrected chi connectivity index (χ0v) is 22.1. The molecular weight excluding hydrogens is 515 g/mol. The van der Waals surface area contributed by atoms with E-state index in [2.05, 4.69) is 35.7 Å². The predicted octanol–water partition coefficient (Wildman–Crippen LogP) is 3.60. The van der Waals surface area contributed by atoms with Crippen LogP contribution in [-0.4, -0.2) is 64.4 Å². The van der Waals surface area contributed by atoms with Gasteiger partial charge in [0, 0.05) is 43.9 Å². The van der Waals surface area contributed by atoms with Gasteiger partial charge in [0.2, 0.25) is 0 Å². The van der Waals surface area contributed by atoms with Crippen LogP contribution in [0.5, 0.6) is 5.75 Å². The lowest BCUT2D eigenvalue weighted by atomic mass is 9.71. The molecule has 0 aliphatic carbocycles. The third-order valence-corrected chi connectivity index (χ3v) is 8.19. The van der Waals surface area contributed by atoms with E-state index in [1.54, 1.807) is 4.90 Å². The number of hydrogen-bond donors (Lipinski definition) is 0. The lowest BCUT2D eigenvalue weighted by Crippen LogP contribution is -2.48. The highest BCUT2D eigenvalue weighted by Gasteiger charge is 2.42. The Kier molecular flexibility index (Phi) is 6.98. The smallest absolute Gasteiger partial charge is 0.487 e. The number of rotatable bonds is 4. The second-order valence-corrected chi connectivity index (χ2v) is 11.5. The molecule has 2 saturated heterocycles. The first-order valence-corrected chi connectivity index (χ1v) is 13.2. The third-order valence-electron chi connectivity index (χ3n) is 8.19. The van der Waals surface area contributed by atoms with Crippen molar-refractivity contribution in [2.75, 3.05) is 26.2 Å². The number of alkyl halides is 3. The molecule has 1 amide bonds. The number of nitrogens with zero attached hydrogens (tertiary/aromatic N) is 3. The SMILES string of the molecule is CC1(C)Cc2c(CN3CCC4(CC3)CCN(C(=O)c3cn(OC(=O)C(F)(F)F)ccc3=O)CC4)cccc2O1. The van der Waals surface area contributed by atoms with E-state index in [1.165, 1.54) is 11.1 Å². The second-order valence-electron chi connectivity index (χ2n) is 11.5. The number of benzene rings is 1. The number of likely N-dealkylation sites (tertiary alicyclic amines) is 2. The van der Waals surface area contributed by atoms with Crippen molar-refractivity contribution in [2.45, 2.75) is 64.3 Å². The van der Waals surface area contributed by atoms with Crippen LogP contribution in [0.2, 0.25) is 0 Å². The van der Waals surface area contributed by atoms with E-state index >= 15 is 0 Å². The van der Waals surface area contributed by atoms with Gasteiger partial charge in [-0.2, -0.15) is 17.9 Å². The summed E-state index contributed by atoms with van der Waals surface area (Å²) in [7, 11) is 0. The number of piperidine rings is 2. The number of pyridine rings is 1. The molecule has 1 aromatic heterocycles. The summed E-state index contributed by atoms with van der Waals surface area (Å²) in [6, 6.07) is 7.18. The Morgan fingerprint density at radius 2 is 1.69 bits per heavy atom. The van der Waals surface area contributed by atoms with Crippen LogP contribution in [-0.2, 0) is 17.8 Å². The van der Waals surface area contributed by atoms with Gasteiger partial charge in [-0.3, -0.25) is 14.5 Å². The van der Waals surface area contributed by atoms with E-state index in [9.17, 15) is 27.6 Å². The number of amides is 1. The van der Waals surface area contributed by atoms with Crippen LogP contribution in [0.15, 0.2) is 41.5 Å². The van der Waals surface area contributed by atoms with Gasteiger partial charge < -0.3 is 14.5 Å². The van der Waals surface area contributed by atoms with Gasteiger partial charge in [0.15, 0.2) is 5.43 Å². The minimum Gasteiger partial charge on any atom is -0.487 e. The fraction of sp³-hybridized carbons (Fsp3) is 0.536. The van der Waals surface area contributed by atoms with Crippen LogP contribution >= 0.6 is 0 Å². The minimum absolute atomic E-state index is 0.121. The van der Waals surface area contributed by atoms with Crippen LogP contribution in [0.3, 0.4) is 0 Å². The van der Waals surface area contributed by atoms with Gasteiger partial charge in [-0.1, -0.05) is 12.1 Å². The Morgan fingerprint density at radius 1 is 1.03 bits per heavy atom. The summed E-state index contributed by atoms with van der Waals surface area (Å²) in [5.41, 5.74) is 1.56. The topological polar surface area (TPSA) is 81.1 Å². The highest BCUT2D eigenvalue weighted by Crippen LogP contribution is 2.42. The first-order valence-electron chi connectivity index (χ1n) is 13.2. The number of carbonyl (C=O) groups is 2. The van der Waals surface area contributed by atoms with Gasteiger partial charge in [-0.25, -0.2) is 4.79 Å². The maximum absolute atomic E-state index is 13.1. The number of halogens is 3. The Labute approximate surface area is 224 Å². The fourth-order valence-corrected chi connectivity index (χ4v) is 5.93. The quantitative estimate of drug-likeness (QED) is 0.582. The molecule has 11 heteroatoms. The van der Waals surface area contributed by atoms with Gasteiger partial charge in [0.25, 0.3) is 5.91 Å². The van der Waals surface area contributed by atoms with E-state index in [4.69, 9.17) is 4.74 Å². The molecule has 0 atom stereocenters. The minimum atomic E-state index is -5.20. The molecule has 0 N–H and O–H groups in total. The Morgan fingerprint density at radius 3 is 2.36 bits per heavy atom. The van der Waals surface area contributed by atoms with Gasteiger partial charge in [-0.15, -0.1) is 0 Å². The molecule has 2 fully saturated rings. The summed E-state index contributed by atoms with van der Waals surface area (Å²) >= 11 is 0. The zero-order chi connectivity index (χ0) is 28.0. The van der Waals surface area contributed by atoms with Crippen molar-refractivity contribution in [2.24, 2.45) is 5.41 Å². The van der Waals surface area contributed by atoms with Crippen LogP contribution in [0.4, 0.5) is 13.2 Å². The molecule has 3 aliphatic rings. The molecule has 210 valence electrons. The summed E-state index contributed by atoms with van der Waals surface area (Å²) in [5, 5.41) is 0. The molecule has 8 nitrogen and oxygen atoms in total. The van der Waals surface area contributed by atoms with Gasteiger partial charge >= 0.3 is 12.1 Å². The van der Waals surface area contributed by atoms with E-state index in [0.29, 0.717) is 17.8 Å². The average molecular weight is 548 g/mol. The fourth-order valence-electron chi connectivity index (χ4n) is 5.93. The molecule has 39 heavy (non-hydrogen) atoms. The van der Waals surface area contributed by atoms with Crippen molar-refractivity contribution in [3.63, 3.8) is 0 Å². The molecule has 1 spiro atoms. The van der Waals surface area contributed by atoms with E-state index in [0.717, 1.165) is 75.9 Å². The number of carbonyl (C=O) groups excluding carboxylic acids is 2. The van der Waals surface area contributed by atoms with Crippen LogP contribution < -0.4 is 15.0 Å². The van der Waals surface area contributed by atoms with Gasteiger partial charge in [-0.05, 0) is 69.7 Å². The Balaban J connectivity index is 1.17. The number of aromatic nitrogens is 1. The van der Waals surface area contributed by atoms with E-state index < -0.39 is 23.5 Å². The Bertz CT molecular complexity index is 1320. The molecule has 5 rings (SSSR count). The predicted molar refractivity (Wildman–Crippen MR) is 135 cm³/mol. The average Bonchev–Trinajstić information content (AvgIpc) is 3.21. The normalized spacial score (nSPS) is 20.4. The van der Waals surface area contributed by atoms with Crippen molar-refractivity contribution in [3.8, 4) is 5.75 Å². The van der Waals surface area contributed by atoms with Gasteiger partial charge in [0.1, 0.15) is 16.9 Å². The summed E-state index contributed by atoms with van der Waals surface area (Å²) < 4.78 is 44.1. The summed E-state index contributed by atoms with van der Waals surface area (Å²) in [4.78, 5) is 44.7. The van der Waals surface area contributed by atoms with E-state index in [-0.39, 0.29) is 16.6 Å². The number of fused-ring (bicyclic) bond motifs is 1. The van der Waals surface area contributed by atoms with Crippen LogP contribution in [0, 0.1) is 5.41 Å². The molecule has 4 heterocycles. The number of ether oxygens (including phenoxy) is 1. The lowest BCUT2D eigenvalue weighted by Gasteiger charge is -2.47. The largest absolute Gasteiger partial charge is 0.493 e. The maximum atomic E-state index is 13.1. The summed E-state index contributed by atoms with van der Waals surface area (Å²) in [5.74, 6) is -2.04. The number of hydrogen-bond acceptors (Lipinski definition) is 6. The van der Waals surface area contributed by atoms with E-state index in [1.807, 2.05) is 6.07 Å². The lowest BCUT2D eigenvalue weighted by molar-refractivity contribution is -0.200. The molecule has 1 aromatic carbocycles. The molecule has 2 aromatic rings. The molecular formula is C28H32F3N3O5. The summed E-state index contributed by atoms with van der Waals surface area (Å²) in [6.45, 7) is 7.90. The van der Waals surface area contributed by atoms with Gasteiger partial charge in [0.05, 0.1) is 6.20 Å². The first-order chi connectivity index (χ1) is 18.3.